The van der Waals surface area contributed by atoms with Gasteiger partial charge in [-0.3, -0.25) is 0 Å². The number of likely N-dealkylation sites (tertiary alicyclic amines) is 1. The summed E-state index contributed by atoms with van der Waals surface area (Å²) in [5.41, 5.74) is 0. The lowest BCUT2D eigenvalue weighted by atomic mass is 9.94. The first kappa shape index (κ1) is 12.3. The van der Waals surface area contributed by atoms with E-state index in [9.17, 15) is 8.42 Å². The van der Waals surface area contributed by atoms with Gasteiger partial charge in [0, 0.05) is 10.7 Å². The standard InChI is InChI=1S/C9H18ClNO2S/c1-3-11-6-4-9(5-7-11)8(2)14(10,12)13/h8-9H,3-7H2,1-2H3. The molecule has 0 N–H and O–H groups in total. The molecule has 0 aromatic heterocycles. The number of hydrogen-bond acceptors (Lipinski definition) is 3. The lowest BCUT2D eigenvalue weighted by Crippen LogP contribution is -2.38. The molecule has 0 amide bonds. The van der Waals surface area contributed by atoms with Gasteiger partial charge in [0.05, 0.1) is 5.25 Å². The average molecular weight is 240 g/mol. The van der Waals surface area contributed by atoms with E-state index in [0.29, 0.717) is 0 Å². The second-order valence-corrected chi connectivity index (χ2v) is 6.94. The third kappa shape index (κ3) is 3.11. The fourth-order valence-electron chi connectivity index (χ4n) is 1.97. The van der Waals surface area contributed by atoms with Gasteiger partial charge in [0.25, 0.3) is 0 Å². The maximum absolute atomic E-state index is 11.1. The summed E-state index contributed by atoms with van der Waals surface area (Å²) in [6.45, 7) is 6.89. The van der Waals surface area contributed by atoms with E-state index in [-0.39, 0.29) is 5.92 Å². The summed E-state index contributed by atoms with van der Waals surface area (Å²) in [4.78, 5) is 2.34. The van der Waals surface area contributed by atoms with Crippen LogP contribution in [0.2, 0.25) is 0 Å². The summed E-state index contributed by atoms with van der Waals surface area (Å²) in [7, 11) is 1.97. The van der Waals surface area contributed by atoms with Gasteiger partial charge < -0.3 is 4.90 Å². The first-order valence-corrected chi connectivity index (χ1v) is 7.48. The van der Waals surface area contributed by atoms with Crippen molar-refractivity contribution >= 4 is 19.7 Å². The molecular formula is C9H18ClNO2S. The van der Waals surface area contributed by atoms with Crippen LogP contribution in [0.4, 0.5) is 0 Å². The minimum atomic E-state index is -3.37. The van der Waals surface area contributed by atoms with Crippen LogP contribution in [0, 0.1) is 5.92 Å². The molecule has 0 aromatic rings. The molecule has 1 unspecified atom stereocenters. The number of rotatable bonds is 3. The Bertz CT molecular complexity index is 271. The van der Waals surface area contributed by atoms with E-state index < -0.39 is 14.3 Å². The van der Waals surface area contributed by atoms with Gasteiger partial charge in [-0.15, -0.1) is 0 Å². The molecular weight excluding hydrogens is 222 g/mol. The van der Waals surface area contributed by atoms with Crippen molar-refractivity contribution in [3.8, 4) is 0 Å². The van der Waals surface area contributed by atoms with Crippen LogP contribution < -0.4 is 0 Å². The molecule has 1 aliphatic rings. The van der Waals surface area contributed by atoms with Crippen LogP contribution in [0.3, 0.4) is 0 Å². The van der Waals surface area contributed by atoms with Gasteiger partial charge in [-0.05, 0) is 45.3 Å². The summed E-state index contributed by atoms with van der Waals surface area (Å²) in [5.74, 6) is 0.236. The van der Waals surface area contributed by atoms with Gasteiger partial charge >= 0.3 is 0 Å². The third-order valence-corrected chi connectivity index (χ3v) is 5.30. The molecule has 0 bridgehead atoms. The monoisotopic (exact) mass is 239 g/mol. The maximum Gasteiger partial charge on any atom is 0.235 e. The van der Waals surface area contributed by atoms with E-state index in [2.05, 4.69) is 11.8 Å². The molecule has 1 heterocycles. The third-order valence-electron chi connectivity index (χ3n) is 3.19. The molecule has 0 radical (unpaired) electrons. The molecule has 0 spiro atoms. The van der Waals surface area contributed by atoms with Gasteiger partial charge in [0.2, 0.25) is 9.05 Å². The lowest BCUT2D eigenvalue weighted by Gasteiger charge is -2.32. The highest BCUT2D eigenvalue weighted by atomic mass is 35.7. The topological polar surface area (TPSA) is 37.4 Å². The Kier molecular flexibility index (Phi) is 4.22. The van der Waals surface area contributed by atoms with Gasteiger partial charge in [-0.25, -0.2) is 8.42 Å². The van der Waals surface area contributed by atoms with Crippen molar-refractivity contribution in [2.24, 2.45) is 5.92 Å². The Balaban J connectivity index is 2.50. The van der Waals surface area contributed by atoms with Gasteiger partial charge in [0.1, 0.15) is 0 Å². The lowest BCUT2D eigenvalue weighted by molar-refractivity contribution is 0.191. The van der Waals surface area contributed by atoms with Crippen LogP contribution in [0.25, 0.3) is 0 Å². The predicted molar refractivity (Wildman–Crippen MR) is 59.1 cm³/mol. The first-order valence-electron chi connectivity index (χ1n) is 5.11. The van der Waals surface area contributed by atoms with Crippen molar-refractivity contribution in [2.75, 3.05) is 19.6 Å². The summed E-state index contributed by atoms with van der Waals surface area (Å²) in [5, 5.41) is -0.400. The Morgan fingerprint density at radius 2 is 1.93 bits per heavy atom. The number of hydrogen-bond donors (Lipinski definition) is 0. The largest absolute Gasteiger partial charge is 0.304 e. The molecule has 1 rings (SSSR count). The molecule has 0 aromatic carbocycles. The van der Waals surface area contributed by atoms with Gasteiger partial charge in [-0.2, -0.15) is 0 Å². The Hall–Kier alpha value is 0.200. The quantitative estimate of drug-likeness (QED) is 0.704. The minimum absolute atomic E-state index is 0.236. The molecule has 1 saturated heterocycles. The zero-order valence-electron chi connectivity index (χ0n) is 8.74. The fourth-order valence-corrected chi connectivity index (χ4v) is 3.14. The molecule has 0 saturated carbocycles. The van der Waals surface area contributed by atoms with Crippen molar-refractivity contribution in [1.29, 1.82) is 0 Å². The van der Waals surface area contributed by atoms with E-state index in [1.165, 1.54) is 0 Å². The number of halogens is 1. The van der Waals surface area contributed by atoms with E-state index in [4.69, 9.17) is 10.7 Å². The molecule has 3 nitrogen and oxygen atoms in total. The Labute approximate surface area is 90.8 Å². The highest BCUT2D eigenvalue weighted by Crippen LogP contribution is 2.26. The highest BCUT2D eigenvalue weighted by Gasteiger charge is 2.30. The molecule has 1 fully saturated rings. The van der Waals surface area contributed by atoms with Crippen LogP contribution in [0.15, 0.2) is 0 Å². The number of nitrogens with zero attached hydrogens (tertiary/aromatic N) is 1. The van der Waals surface area contributed by atoms with E-state index in [1.807, 2.05) is 0 Å². The van der Waals surface area contributed by atoms with Crippen LogP contribution in [0.1, 0.15) is 26.7 Å². The molecule has 84 valence electrons. The SMILES string of the molecule is CCN1CCC(C(C)S(=O)(=O)Cl)CC1. The summed E-state index contributed by atoms with van der Waals surface area (Å²) >= 11 is 0. The van der Waals surface area contributed by atoms with Crippen LogP contribution in [-0.2, 0) is 9.05 Å². The van der Waals surface area contributed by atoms with Crippen molar-refractivity contribution in [3.05, 3.63) is 0 Å². The van der Waals surface area contributed by atoms with Gasteiger partial charge in [-0.1, -0.05) is 6.92 Å². The van der Waals surface area contributed by atoms with Gasteiger partial charge in [0.15, 0.2) is 0 Å². The normalized spacial score (nSPS) is 23.6. The summed E-state index contributed by atoms with van der Waals surface area (Å²) < 4.78 is 22.3. The fraction of sp³-hybridized carbons (Fsp3) is 1.00. The molecule has 5 heteroatoms. The summed E-state index contributed by atoms with van der Waals surface area (Å²) in [6, 6.07) is 0. The molecule has 14 heavy (non-hydrogen) atoms. The molecule has 1 aliphatic heterocycles. The molecule has 1 atom stereocenters. The molecule has 0 aliphatic carbocycles. The van der Waals surface area contributed by atoms with E-state index in [0.717, 1.165) is 32.5 Å². The van der Waals surface area contributed by atoms with E-state index >= 15 is 0 Å². The van der Waals surface area contributed by atoms with Crippen molar-refractivity contribution < 1.29 is 8.42 Å². The van der Waals surface area contributed by atoms with Crippen molar-refractivity contribution in [3.63, 3.8) is 0 Å². The Morgan fingerprint density at radius 3 is 2.29 bits per heavy atom. The Morgan fingerprint density at radius 1 is 1.43 bits per heavy atom. The smallest absolute Gasteiger partial charge is 0.235 e. The minimum Gasteiger partial charge on any atom is -0.304 e. The maximum atomic E-state index is 11.1. The predicted octanol–water partition coefficient (Wildman–Crippen LogP) is 1.68. The second-order valence-electron chi connectivity index (χ2n) is 3.95. The number of piperidine rings is 1. The second kappa shape index (κ2) is 4.81. The summed E-state index contributed by atoms with van der Waals surface area (Å²) in [6.07, 6.45) is 1.89. The zero-order valence-corrected chi connectivity index (χ0v) is 10.3. The van der Waals surface area contributed by atoms with Crippen molar-refractivity contribution in [2.45, 2.75) is 31.9 Å². The average Bonchev–Trinajstić information content (AvgIpc) is 2.15. The van der Waals surface area contributed by atoms with Crippen LogP contribution >= 0.6 is 10.7 Å². The van der Waals surface area contributed by atoms with Crippen molar-refractivity contribution in [1.82, 2.24) is 4.90 Å². The van der Waals surface area contributed by atoms with Crippen LogP contribution in [0.5, 0.6) is 0 Å². The zero-order chi connectivity index (χ0) is 10.8. The highest BCUT2D eigenvalue weighted by molar-refractivity contribution is 8.14. The van der Waals surface area contributed by atoms with E-state index in [1.54, 1.807) is 6.92 Å². The van der Waals surface area contributed by atoms with Crippen LogP contribution in [-0.4, -0.2) is 38.2 Å². The first-order chi connectivity index (χ1) is 6.45.